The lowest BCUT2D eigenvalue weighted by atomic mass is 9.85. The summed E-state index contributed by atoms with van der Waals surface area (Å²) in [4.78, 5) is 0. The highest BCUT2D eigenvalue weighted by molar-refractivity contribution is 6.31. The summed E-state index contributed by atoms with van der Waals surface area (Å²) in [6, 6.07) is 8.93. The second kappa shape index (κ2) is 4.77. The van der Waals surface area contributed by atoms with Crippen molar-refractivity contribution in [2.75, 3.05) is 6.54 Å². The van der Waals surface area contributed by atoms with Gasteiger partial charge in [0.25, 0.3) is 0 Å². The van der Waals surface area contributed by atoms with Crippen LogP contribution in [-0.4, -0.2) is 12.6 Å². The molecule has 1 saturated carbocycles. The quantitative estimate of drug-likeness (QED) is 0.824. The summed E-state index contributed by atoms with van der Waals surface area (Å²) < 4.78 is 0. The monoisotopic (exact) mass is 237 g/mol. The van der Waals surface area contributed by atoms with Crippen molar-refractivity contribution in [3.63, 3.8) is 0 Å². The fraction of sp³-hybridized carbons (Fsp3) is 0.571. The van der Waals surface area contributed by atoms with Crippen molar-refractivity contribution in [2.45, 2.75) is 39.2 Å². The third-order valence-corrected chi connectivity index (χ3v) is 3.44. The molecule has 1 aliphatic rings. The molecule has 0 atom stereocenters. The van der Waals surface area contributed by atoms with E-state index in [1.165, 1.54) is 18.4 Å². The maximum absolute atomic E-state index is 6.18. The SMILES string of the molecule is CC(C)(CNC1CC1)Cc1ccccc1Cl. The molecule has 0 heterocycles. The largest absolute Gasteiger partial charge is 0.313 e. The van der Waals surface area contributed by atoms with E-state index in [0.29, 0.717) is 0 Å². The Kier molecular flexibility index (Phi) is 3.56. The second-order valence-electron chi connectivity index (χ2n) is 5.59. The first-order valence-electron chi connectivity index (χ1n) is 6.04. The molecule has 0 saturated heterocycles. The Morgan fingerprint density at radius 2 is 2.00 bits per heavy atom. The zero-order valence-corrected chi connectivity index (χ0v) is 10.8. The summed E-state index contributed by atoms with van der Waals surface area (Å²) in [6.07, 6.45) is 3.73. The molecule has 88 valence electrons. The minimum atomic E-state index is 0.271. The number of rotatable bonds is 5. The van der Waals surface area contributed by atoms with Crippen molar-refractivity contribution in [3.8, 4) is 0 Å². The van der Waals surface area contributed by atoms with E-state index in [0.717, 1.165) is 24.0 Å². The Labute approximate surface area is 103 Å². The molecule has 0 aliphatic heterocycles. The van der Waals surface area contributed by atoms with Gasteiger partial charge in [0.05, 0.1) is 0 Å². The first-order chi connectivity index (χ1) is 7.57. The molecule has 1 nitrogen and oxygen atoms in total. The molecule has 1 aromatic carbocycles. The van der Waals surface area contributed by atoms with Crippen LogP contribution in [0.25, 0.3) is 0 Å². The van der Waals surface area contributed by atoms with E-state index in [-0.39, 0.29) is 5.41 Å². The van der Waals surface area contributed by atoms with E-state index >= 15 is 0 Å². The molecule has 0 bridgehead atoms. The lowest BCUT2D eigenvalue weighted by Crippen LogP contribution is -2.32. The van der Waals surface area contributed by atoms with Crippen LogP contribution in [0.3, 0.4) is 0 Å². The average molecular weight is 238 g/mol. The summed E-state index contributed by atoms with van der Waals surface area (Å²) in [5.41, 5.74) is 1.53. The molecule has 1 aliphatic carbocycles. The number of hydrogen-bond acceptors (Lipinski definition) is 1. The summed E-state index contributed by atoms with van der Waals surface area (Å²) in [5.74, 6) is 0. The Balaban J connectivity index is 1.93. The summed E-state index contributed by atoms with van der Waals surface area (Å²) in [5, 5.41) is 4.48. The van der Waals surface area contributed by atoms with E-state index in [1.807, 2.05) is 12.1 Å². The molecule has 2 rings (SSSR count). The molecular weight excluding hydrogens is 218 g/mol. The molecular formula is C14H20ClN. The van der Waals surface area contributed by atoms with E-state index < -0.39 is 0 Å². The van der Waals surface area contributed by atoms with Gasteiger partial charge >= 0.3 is 0 Å². The standard InChI is InChI=1S/C14H20ClN/c1-14(2,10-16-12-7-8-12)9-11-5-3-4-6-13(11)15/h3-6,12,16H,7-10H2,1-2H3. The van der Waals surface area contributed by atoms with Crippen molar-refractivity contribution < 1.29 is 0 Å². The van der Waals surface area contributed by atoms with Crippen molar-refractivity contribution in [3.05, 3.63) is 34.9 Å². The van der Waals surface area contributed by atoms with Gasteiger partial charge in [-0.15, -0.1) is 0 Å². The van der Waals surface area contributed by atoms with Gasteiger partial charge in [-0.1, -0.05) is 43.6 Å². The normalized spacial score (nSPS) is 16.4. The number of benzene rings is 1. The third kappa shape index (κ3) is 3.50. The Morgan fingerprint density at radius 3 is 2.62 bits per heavy atom. The van der Waals surface area contributed by atoms with Gasteiger partial charge in [0.2, 0.25) is 0 Å². The van der Waals surface area contributed by atoms with Crippen LogP contribution in [0.1, 0.15) is 32.3 Å². The highest BCUT2D eigenvalue weighted by atomic mass is 35.5. The Hall–Kier alpha value is -0.530. The van der Waals surface area contributed by atoms with E-state index in [1.54, 1.807) is 0 Å². The molecule has 1 N–H and O–H groups in total. The fourth-order valence-corrected chi connectivity index (χ4v) is 2.13. The van der Waals surface area contributed by atoms with Gasteiger partial charge in [-0.3, -0.25) is 0 Å². The Morgan fingerprint density at radius 1 is 1.31 bits per heavy atom. The van der Waals surface area contributed by atoms with Crippen LogP contribution in [0.5, 0.6) is 0 Å². The number of halogens is 1. The van der Waals surface area contributed by atoms with Gasteiger partial charge in [-0.25, -0.2) is 0 Å². The zero-order chi connectivity index (χ0) is 11.6. The van der Waals surface area contributed by atoms with E-state index in [9.17, 15) is 0 Å². The smallest absolute Gasteiger partial charge is 0.0438 e. The van der Waals surface area contributed by atoms with Crippen LogP contribution in [0, 0.1) is 5.41 Å². The van der Waals surface area contributed by atoms with Crippen molar-refractivity contribution >= 4 is 11.6 Å². The summed E-state index contributed by atoms with van der Waals surface area (Å²) in [7, 11) is 0. The minimum Gasteiger partial charge on any atom is -0.313 e. The van der Waals surface area contributed by atoms with E-state index in [4.69, 9.17) is 11.6 Å². The minimum absolute atomic E-state index is 0.271. The second-order valence-corrected chi connectivity index (χ2v) is 5.99. The first kappa shape index (κ1) is 11.9. The van der Waals surface area contributed by atoms with Crippen LogP contribution in [0.4, 0.5) is 0 Å². The third-order valence-electron chi connectivity index (χ3n) is 3.07. The van der Waals surface area contributed by atoms with Crippen molar-refractivity contribution in [2.24, 2.45) is 5.41 Å². The molecule has 0 radical (unpaired) electrons. The highest BCUT2D eigenvalue weighted by Gasteiger charge is 2.25. The fourth-order valence-electron chi connectivity index (χ4n) is 1.93. The lowest BCUT2D eigenvalue weighted by molar-refractivity contribution is 0.337. The number of hydrogen-bond donors (Lipinski definition) is 1. The van der Waals surface area contributed by atoms with Crippen LogP contribution in [0.15, 0.2) is 24.3 Å². The molecule has 0 aromatic heterocycles. The molecule has 2 heteroatoms. The van der Waals surface area contributed by atoms with Gasteiger partial charge in [-0.05, 0) is 36.3 Å². The lowest BCUT2D eigenvalue weighted by Gasteiger charge is -2.25. The van der Waals surface area contributed by atoms with Gasteiger partial charge in [0.1, 0.15) is 0 Å². The van der Waals surface area contributed by atoms with E-state index in [2.05, 4.69) is 31.3 Å². The maximum atomic E-state index is 6.18. The van der Waals surface area contributed by atoms with Gasteiger partial charge < -0.3 is 5.32 Å². The molecule has 0 spiro atoms. The van der Waals surface area contributed by atoms with Crippen LogP contribution < -0.4 is 5.32 Å². The highest BCUT2D eigenvalue weighted by Crippen LogP contribution is 2.27. The predicted molar refractivity (Wildman–Crippen MR) is 70.0 cm³/mol. The summed E-state index contributed by atoms with van der Waals surface area (Å²) in [6.45, 7) is 5.67. The maximum Gasteiger partial charge on any atom is 0.0438 e. The van der Waals surface area contributed by atoms with Crippen LogP contribution in [0.2, 0.25) is 5.02 Å². The molecule has 0 unspecified atom stereocenters. The van der Waals surface area contributed by atoms with Crippen molar-refractivity contribution in [1.29, 1.82) is 0 Å². The van der Waals surface area contributed by atoms with Gasteiger partial charge in [-0.2, -0.15) is 0 Å². The van der Waals surface area contributed by atoms with Gasteiger partial charge in [0, 0.05) is 17.6 Å². The molecule has 1 aromatic rings. The zero-order valence-electron chi connectivity index (χ0n) is 10.1. The van der Waals surface area contributed by atoms with Crippen molar-refractivity contribution in [1.82, 2.24) is 5.32 Å². The average Bonchev–Trinajstić information content (AvgIpc) is 3.02. The molecule has 1 fully saturated rings. The number of nitrogens with one attached hydrogen (secondary N) is 1. The predicted octanol–water partition coefficient (Wildman–Crippen LogP) is 3.66. The first-order valence-corrected chi connectivity index (χ1v) is 6.41. The van der Waals surface area contributed by atoms with Crippen LogP contribution >= 0.6 is 11.6 Å². The molecule has 0 amide bonds. The van der Waals surface area contributed by atoms with Gasteiger partial charge in [0.15, 0.2) is 0 Å². The summed E-state index contributed by atoms with van der Waals surface area (Å²) >= 11 is 6.18. The Bertz CT molecular complexity index is 356. The molecule has 16 heavy (non-hydrogen) atoms. The van der Waals surface area contributed by atoms with Crippen LogP contribution in [-0.2, 0) is 6.42 Å². The topological polar surface area (TPSA) is 12.0 Å².